The van der Waals surface area contributed by atoms with Crippen LogP contribution in [0.5, 0.6) is 5.75 Å². The molecule has 0 heterocycles. The van der Waals surface area contributed by atoms with Crippen molar-refractivity contribution in [1.29, 1.82) is 0 Å². The van der Waals surface area contributed by atoms with Gasteiger partial charge in [0.1, 0.15) is 24.2 Å². The first-order valence-corrected chi connectivity index (χ1v) is 16.5. The second-order valence-electron chi connectivity index (χ2n) is 10.8. The summed E-state index contributed by atoms with van der Waals surface area (Å²) in [5.74, 6) is -1.16. The summed E-state index contributed by atoms with van der Waals surface area (Å²) < 4.78 is 46.2. The molecule has 1 aliphatic rings. The number of anilines is 1. The van der Waals surface area contributed by atoms with E-state index in [0.717, 1.165) is 48.2 Å². The molecular weight excluding hydrogens is 593 g/mol. The Kier molecular flexibility index (Phi) is 11.0. The number of methoxy groups -OCH3 is 1. The molecule has 1 atom stereocenters. The lowest BCUT2D eigenvalue weighted by Crippen LogP contribution is -2.55. The molecule has 11 heteroatoms. The van der Waals surface area contributed by atoms with Gasteiger partial charge in [-0.3, -0.25) is 13.9 Å². The lowest BCUT2D eigenvalue weighted by molar-refractivity contribution is -0.140. The first kappa shape index (κ1) is 32.3. The van der Waals surface area contributed by atoms with Crippen LogP contribution in [-0.2, 0) is 32.6 Å². The van der Waals surface area contributed by atoms with E-state index in [1.165, 1.54) is 36.3 Å². The molecule has 1 aliphatic carbocycles. The number of nitrogens with zero attached hydrogens (tertiary/aromatic N) is 2. The van der Waals surface area contributed by atoms with Crippen molar-refractivity contribution < 1.29 is 27.1 Å². The lowest BCUT2D eigenvalue weighted by atomic mass is 9.94. The number of ether oxygens (including phenoxy) is 1. The minimum absolute atomic E-state index is 0.00876. The number of amides is 2. The van der Waals surface area contributed by atoms with Crippen LogP contribution in [0.3, 0.4) is 0 Å². The van der Waals surface area contributed by atoms with E-state index in [9.17, 15) is 22.4 Å². The highest BCUT2D eigenvalue weighted by Crippen LogP contribution is 2.33. The maximum Gasteiger partial charge on any atom is 0.244 e. The Bertz CT molecular complexity index is 1500. The quantitative estimate of drug-likeness (QED) is 0.292. The fraction of sp³-hybridized carbons (Fsp3) is 0.375. The lowest BCUT2D eigenvalue weighted by Gasteiger charge is -2.35. The Hall–Kier alpha value is -3.63. The van der Waals surface area contributed by atoms with Crippen LogP contribution >= 0.6 is 11.6 Å². The molecule has 0 spiro atoms. The van der Waals surface area contributed by atoms with Gasteiger partial charge in [0, 0.05) is 24.0 Å². The van der Waals surface area contributed by atoms with Crippen molar-refractivity contribution in [2.24, 2.45) is 0 Å². The summed E-state index contributed by atoms with van der Waals surface area (Å²) in [6.07, 6.45) is 6.03. The molecule has 43 heavy (non-hydrogen) atoms. The summed E-state index contributed by atoms with van der Waals surface area (Å²) in [6.45, 7) is -0.655. The molecule has 0 aliphatic heterocycles. The highest BCUT2D eigenvalue weighted by Gasteiger charge is 2.34. The zero-order valence-corrected chi connectivity index (χ0v) is 25.9. The molecule has 0 radical (unpaired) electrons. The molecule has 4 rings (SSSR count). The van der Waals surface area contributed by atoms with E-state index in [4.69, 9.17) is 16.3 Å². The normalized spacial score (nSPS) is 14.5. The number of sulfonamides is 1. The van der Waals surface area contributed by atoms with Gasteiger partial charge in [0.15, 0.2) is 0 Å². The Morgan fingerprint density at radius 1 is 1.00 bits per heavy atom. The molecule has 0 aromatic heterocycles. The number of rotatable bonds is 12. The molecular formula is C32H37ClFN3O5S. The number of halogens is 2. The standard InChI is InChI=1S/C32H37ClFN3O5S/c1-42-30-18-15-25(33)20-28(30)37(43(2,40)41)22-31(38)36(21-24-13-16-26(34)17-14-24)29(19-23-9-5-3-6-10-23)32(39)35-27-11-7-4-8-12-27/h3,5-6,9-10,13-18,20,27,29H,4,7-8,11-12,19,21-22H2,1-2H3,(H,35,39). The number of nitrogens with one attached hydrogen (secondary N) is 1. The predicted molar refractivity (Wildman–Crippen MR) is 166 cm³/mol. The molecule has 0 saturated heterocycles. The van der Waals surface area contributed by atoms with E-state index in [2.05, 4.69) is 5.32 Å². The van der Waals surface area contributed by atoms with E-state index in [-0.39, 0.29) is 41.4 Å². The molecule has 230 valence electrons. The molecule has 3 aromatic rings. The molecule has 8 nitrogen and oxygen atoms in total. The van der Waals surface area contributed by atoms with Crippen LogP contribution in [0.25, 0.3) is 0 Å². The van der Waals surface area contributed by atoms with Gasteiger partial charge in [-0.25, -0.2) is 12.8 Å². The summed E-state index contributed by atoms with van der Waals surface area (Å²) in [5, 5.41) is 3.41. The second-order valence-corrected chi connectivity index (χ2v) is 13.1. The highest BCUT2D eigenvalue weighted by atomic mass is 35.5. The average Bonchev–Trinajstić information content (AvgIpc) is 2.99. The average molecular weight is 630 g/mol. The van der Waals surface area contributed by atoms with Crippen LogP contribution in [-0.4, -0.2) is 57.1 Å². The Morgan fingerprint density at radius 2 is 1.67 bits per heavy atom. The number of benzene rings is 3. The Labute approximate surface area is 257 Å². The summed E-state index contributed by atoms with van der Waals surface area (Å²) in [7, 11) is -2.61. The number of hydrogen-bond acceptors (Lipinski definition) is 5. The Morgan fingerprint density at radius 3 is 2.30 bits per heavy atom. The molecule has 1 saturated carbocycles. The first-order chi connectivity index (χ1) is 20.5. The van der Waals surface area contributed by atoms with Crippen LogP contribution in [0.4, 0.5) is 10.1 Å². The first-order valence-electron chi connectivity index (χ1n) is 14.2. The maximum atomic E-state index is 14.2. The molecule has 1 unspecified atom stereocenters. The third-order valence-corrected chi connectivity index (χ3v) is 8.94. The minimum atomic E-state index is -4.00. The highest BCUT2D eigenvalue weighted by molar-refractivity contribution is 7.92. The summed E-state index contributed by atoms with van der Waals surface area (Å²) >= 11 is 6.21. The van der Waals surface area contributed by atoms with Crippen LogP contribution in [0.15, 0.2) is 72.8 Å². The fourth-order valence-corrected chi connectivity index (χ4v) is 6.35. The molecule has 3 aromatic carbocycles. The van der Waals surface area contributed by atoms with Gasteiger partial charge < -0.3 is 15.0 Å². The van der Waals surface area contributed by atoms with Gasteiger partial charge in [0.2, 0.25) is 21.8 Å². The third-order valence-electron chi connectivity index (χ3n) is 7.58. The largest absolute Gasteiger partial charge is 0.495 e. The van der Waals surface area contributed by atoms with Crippen molar-refractivity contribution in [2.75, 3.05) is 24.2 Å². The SMILES string of the molecule is COc1ccc(Cl)cc1N(CC(=O)N(Cc1ccc(F)cc1)C(Cc1ccccc1)C(=O)NC1CCCCC1)S(C)(=O)=O. The van der Waals surface area contributed by atoms with E-state index >= 15 is 0 Å². The smallest absolute Gasteiger partial charge is 0.244 e. The van der Waals surface area contributed by atoms with Crippen molar-refractivity contribution in [3.63, 3.8) is 0 Å². The topological polar surface area (TPSA) is 96.0 Å². The van der Waals surface area contributed by atoms with Gasteiger partial charge in [-0.05, 0) is 54.3 Å². The summed E-state index contributed by atoms with van der Waals surface area (Å²) in [4.78, 5) is 29.6. The van der Waals surface area contributed by atoms with E-state index in [1.807, 2.05) is 30.3 Å². The molecule has 2 amide bonds. The van der Waals surface area contributed by atoms with Gasteiger partial charge >= 0.3 is 0 Å². The predicted octanol–water partition coefficient (Wildman–Crippen LogP) is 5.34. The van der Waals surface area contributed by atoms with Crippen molar-refractivity contribution in [3.8, 4) is 5.75 Å². The number of carbonyl (C=O) groups is 2. The van der Waals surface area contributed by atoms with Gasteiger partial charge in [0.05, 0.1) is 19.1 Å². The molecule has 0 bridgehead atoms. The van der Waals surface area contributed by atoms with Crippen LogP contribution in [0.2, 0.25) is 5.02 Å². The van der Waals surface area contributed by atoms with Crippen molar-refractivity contribution in [2.45, 2.75) is 57.2 Å². The summed E-state index contributed by atoms with van der Waals surface area (Å²) in [6, 6.07) is 18.5. The Balaban J connectivity index is 1.75. The zero-order chi connectivity index (χ0) is 31.0. The van der Waals surface area contributed by atoms with Gasteiger partial charge in [0.25, 0.3) is 0 Å². The molecule has 1 N–H and O–H groups in total. The van der Waals surface area contributed by atoms with Crippen LogP contribution < -0.4 is 14.4 Å². The van der Waals surface area contributed by atoms with Crippen LogP contribution in [0.1, 0.15) is 43.2 Å². The van der Waals surface area contributed by atoms with Crippen LogP contribution in [0, 0.1) is 5.82 Å². The fourth-order valence-electron chi connectivity index (χ4n) is 5.34. The van der Waals surface area contributed by atoms with Crippen molar-refractivity contribution in [1.82, 2.24) is 10.2 Å². The van der Waals surface area contributed by atoms with E-state index in [0.29, 0.717) is 5.56 Å². The van der Waals surface area contributed by atoms with Gasteiger partial charge in [-0.15, -0.1) is 0 Å². The number of carbonyl (C=O) groups excluding carboxylic acids is 2. The van der Waals surface area contributed by atoms with E-state index in [1.54, 1.807) is 18.2 Å². The van der Waals surface area contributed by atoms with Crippen molar-refractivity contribution in [3.05, 3.63) is 94.8 Å². The monoisotopic (exact) mass is 629 g/mol. The van der Waals surface area contributed by atoms with Gasteiger partial charge in [-0.2, -0.15) is 0 Å². The van der Waals surface area contributed by atoms with Crippen molar-refractivity contribution >= 4 is 39.1 Å². The summed E-state index contributed by atoms with van der Waals surface area (Å²) in [5.41, 5.74) is 1.52. The van der Waals surface area contributed by atoms with Gasteiger partial charge in [-0.1, -0.05) is 73.3 Å². The zero-order valence-electron chi connectivity index (χ0n) is 24.3. The second kappa shape index (κ2) is 14.7. The minimum Gasteiger partial charge on any atom is -0.495 e. The van der Waals surface area contributed by atoms with E-state index < -0.39 is 34.3 Å². The third kappa shape index (κ3) is 8.93. The maximum absolute atomic E-state index is 14.2. The number of hydrogen-bond donors (Lipinski definition) is 1. The molecule has 1 fully saturated rings.